The van der Waals surface area contributed by atoms with Crippen LogP contribution in [0.3, 0.4) is 0 Å². The molecule has 10 nitrogen and oxygen atoms in total. The number of benzene rings is 1. The molecule has 0 spiro atoms. The molecule has 196 valence electrons. The van der Waals surface area contributed by atoms with Gasteiger partial charge in [-0.3, -0.25) is 9.59 Å². The first-order valence-electron chi connectivity index (χ1n) is 11.5. The molecule has 3 N–H and O–H groups in total. The minimum atomic E-state index is -1.06. The van der Waals surface area contributed by atoms with Crippen LogP contribution in [0, 0.1) is 0 Å². The fraction of sp³-hybridized carbons (Fsp3) is 0.600. The summed E-state index contributed by atoms with van der Waals surface area (Å²) >= 11 is 0. The summed E-state index contributed by atoms with van der Waals surface area (Å²) in [7, 11) is 0. The molecule has 10 heteroatoms. The van der Waals surface area contributed by atoms with E-state index in [1.54, 1.807) is 71.9 Å². The highest BCUT2D eigenvalue weighted by Gasteiger charge is 2.32. The molecule has 0 bridgehead atoms. The van der Waals surface area contributed by atoms with Crippen LogP contribution in [0.25, 0.3) is 0 Å². The Morgan fingerprint density at radius 3 is 1.91 bits per heavy atom. The largest absolute Gasteiger partial charge is 0.458 e. The number of esters is 1. The number of amides is 3. The van der Waals surface area contributed by atoms with Crippen molar-refractivity contribution in [1.29, 1.82) is 0 Å². The van der Waals surface area contributed by atoms with Gasteiger partial charge in [0.1, 0.15) is 29.8 Å². The smallest absolute Gasteiger partial charge is 0.408 e. The van der Waals surface area contributed by atoms with Gasteiger partial charge in [0.15, 0.2) is 0 Å². The van der Waals surface area contributed by atoms with E-state index >= 15 is 0 Å². The third-order valence-corrected chi connectivity index (χ3v) is 4.57. The summed E-state index contributed by atoms with van der Waals surface area (Å²) in [6.45, 7) is 12.2. The SMILES string of the molecule is C[C@H](NC(=O)CN(C(=O)[C@H](C)NC(=O)OC(C)(C)C)[C@H](CO)c1ccccc1)C(=O)OC(C)(C)C. The monoisotopic (exact) mass is 493 g/mol. The second kappa shape index (κ2) is 12.5. The number of ether oxygens (including phenoxy) is 2. The maximum atomic E-state index is 13.3. The predicted molar refractivity (Wildman–Crippen MR) is 130 cm³/mol. The number of nitrogens with zero attached hydrogens (tertiary/aromatic N) is 1. The second-order valence-corrected chi connectivity index (χ2v) is 10.3. The van der Waals surface area contributed by atoms with E-state index < -0.39 is 66.4 Å². The lowest BCUT2D eigenvalue weighted by atomic mass is 10.0. The number of rotatable bonds is 9. The zero-order valence-corrected chi connectivity index (χ0v) is 21.9. The molecule has 35 heavy (non-hydrogen) atoms. The van der Waals surface area contributed by atoms with Crippen LogP contribution in [0.2, 0.25) is 0 Å². The highest BCUT2D eigenvalue weighted by atomic mass is 16.6. The zero-order chi connectivity index (χ0) is 27.0. The first-order chi connectivity index (χ1) is 16.0. The van der Waals surface area contributed by atoms with E-state index in [4.69, 9.17) is 9.47 Å². The fourth-order valence-electron chi connectivity index (χ4n) is 3.09. The number of aliphatic hydroxyl groups is 1. The lowest BCUT2D eigenvalue weighted by Crippen LogP contribution is -2.53. The summed E-state index contributed by atoms with van der Waals surface area (Å²) < 4.78 is 10.5. The van der Waals surface area contributed by atoms with Gasteiger partial charge in [-0.1, -0.05) is 30.3 Å². The Kier molecular flexibility index (Phi) is 10.7. The Hall–Kier alpha value is -3.14. The summed E-state index contributed by atoms with van der Waals surface area (Å²) in [4.78, 5) is 51.7. The number of nitrogens with one attached hydrogen (secondary N) is 2. The number of aliphatic hydroxyl groups excluding tert-OH is 1. The summed E-state index contributed by atoms with van der Waals surface area (Å²) in [6.07, 6.45) is -0.790. The lowest BCUT2D eigenvalue weighted by molar-refractivity contribution is -0.158. The van der Waals surface area contributed by atoms with Crippen molar-refractivity contribution in [3.63, 3.8) is 0 Å². The average molecular weight is 494 g/mol. The van der Waals surface area contributed by atoms with Gasteiger partial charge >= 0.3 is 12.1 Å². The van der Waals surface area contributed by atoms with Crippen molar-refractivity contribution in [3.05, 3.63) is 35.9 Å². The van der Waals surface area contributed by atoms with Gasteiger partial charge in [0.2, 0.25) is 11.8 Å². The van der Waals surface area contributed by atoms with E-state index in [1.807, 2.05) is 0 Å². The Labute approximate surface area is 207 Å². The average Bonchev–Trinajstić information content (AvgIpc) is 2.71. The van der Waals surface area contributed by atoms with Crippen LogP contribution in [-0.4, -0.2) is 70.3 Å². The van der Waals surface area contributed by atoms with Crippen molar-refractivity contribution in [1.82, 2.24) is 15.5 Å². The third-order valence-electron chi connectivity index (χ3n) is 4.57. The molecule has 0 saturated heterocycles. The van der Waals surface area contributed by atoms with E-state index in [-0.39, 0.29) is 0 Å². The van der Waals surface area contributed by atoms with Gasteiger partial charge in [0.25, 0.3) is 0 Å². The van der Waals surface area contributed by atoms with E-state index in [1.165, 1.54) is 13.8 Å². The Morgan fingerprint density at radius 1 is 0.886 bits per heavy atom. The highest BCUT2D eigenvalue weighted by Crippen LogP contribution is 2.21. The minimum Gasteiger partial charge on any atom is -0.458 e. The molecule has 3 amide bonds. The summed E-state index contributed by atoms with van der Waals surface area (Å²) in [5, 5.41) is 15.1. The Morgan fingerprint density at radius 2 is 1.43 bits per heavy atom. The van der Waals surface area contributed by atoms with E-state index in [0.717, 1.165) is 4.90 Å². The number of carbonyl (C=O) groups is 4. The van der Waals surface area contributed by atoms with Crippen LogP contribution in [0.1, 0.15) is 67.0 Å². The third kappa shape index (κ3) is 10.8. The van der Waals surface area contributed by atoms with Gasteiger partial charge < -0.3 is 30.1 Å². The van der Waals surface area contributed by atoms with Crippen LogP contribution >= 0.6 is 0 Å². The topological polar surface area (TPSA) is 134 Å². The van der Waals surface area contributed by atoms with Crippen molar-refractivity contribution >= 4 is 23.9 Å². The first-order valence-corrected chi connectivity index (χ1v) is 11.5. The molecule has 0 heterocycles. The van der Waals surface area contributed by atoms with Gasteiger partial charge in [-0.2, -0.15) is 0 Å². The molecular formula is C25H39N3O7. The molecule has 0 aliphatic carbocycles. The van der Waals surface area contributed by atoms with Crippen molar-refractivity contribution in [3.8, 4) is 0 Å². The molecule has 0 unspecified atom stereocenters. The summed E-state index contributed by atoms with van der Waals surface area (Å²) in [6, 6.07) is 5.82. The zero-order valence-electron chi connectivity index (χ0n) is 21.9. The van der Waals surface area contributed by atoms with Gasteiger partial charge in [-0.25, -0.2) is 9.59 Å². The van der Waals surface area contributed by atoms with Crippen molar-refractivity contribution < 1.29 is 33.8 Å². The number of hydrogen-bond donors (Lipinski definition) is 3. The van der Waals surface area contributed by atoms with Crippen molar-refractivity contribution in [2.45, 2.75) is 84.7 Å². The molecular weight excluding hydrogens is 454 g/mol. The molecule has 0 radical (unpaired) electrons. The Balaban J connectivity index is 3.09. The summed E-state index contributed by atoms with van der Waals surface area (Å²) in [5.41, 5.74) is -0.890. The van der Waals surface area contributed by atoms with E-state index in [0.29, 0.717) is 5.56 Å². The number of hydrogen-bond acceptors (Lipinski definition) is 7. The first kappa shape index (κ1) is 29.9. The van der Waals surface area contributed by atoms with Gasteiger partial charge in [0.05, 0.1) is 12.6 Å². The molecule has 3 atom stereocenters. The van der Waals surface area contributed by atoms with Gasteiger partial charge in [-0.15, -0.1) is 0 Å². The Bertz CT molecular complexity index is 875. The van der Waals surface area contributed by atoms with Crippen LogP contribution in [-0.2, 0) is 23.9 Å². The quantitative estimate of drug-likeness (QED) is 0.449. The van der Waals surface area contributed by atoms with Crippen LogP contribution in [0.5, 0.6) is 0 Å². The highest BCUT2D eigenvalue weighted by molar-refractivity contribution is 5.91. The van der Waals surface area contributed by atoms with Gasteiger partial charge in [-0.05, 0) is 61.0 Å². The second-order valence-electron chi connectivity index (χ2n) is 10.3. The standard InChI is InChI=1S/C25H39N3O7/c1-16(27-23(33)35-25(6,7)8)21(31)28(19(15-29)18-12-10-9-11-13-18)14-20(30)26-17(2)22(32)34-24(3,4)5/h9-13,16-17,19,29H,14-15H2,1-8H3,(H,26,30)(H,27,33)/t16-,17-,19+/m0/s1. The summed E-state index contributed by atoms with van der Waals surface area (Å²) in [5.74, 6) is -1.86. The molecule has 0 fully saturated rings. The van der Waals surface area contributed by atoms with Crippen LogP contribution < -0.4 is 10.6 Å². The van der Waals surface area contributed by atoms with Crippen LogP contribution in [0.4, 0.5) is 4.79 Å². The molecule has 0 aliphatic rings. The molecule has 0 saturated carbocycles. The van der Waals surface area contributed by atoms with E-state index in [2.05, 4.69) is 10.6 Å². The fourth-order valence-corrected chi connectivity index (χ4v) is 3.09. The lowest BCUT2D eigenvalue weighted by Gasteiger charge is -2.33. The maximum Gasteiger partial charge on any atom is 0.408 e. The maximum absolute atomic E-state index is 13.3. The predicted octanol–water partition coefficient (Wildman–Crippen LogP) is 2.31. The number of carbonyl (C=O) groups excluding carboxylic acids is 4. The van der Waals surface area contributed by atoms with Crippen molar-refractivity contribution in [2.24, 2.45) is 0 Å². The normalized spacial score (nSPS) is 14.2. The molecule has 1 aromatic carbocycles. The van der Waals surface area contributed by atoms with E-state index in [9.17, 15) is 24.3 Å². The minimum absolute atomic E-state index is 0.466. The molecule has 1 aromatic rings. The molecule has 1 rings (SSSR count). The number of alkyl carbamates (subject to hydrolysis) is 1. The molecule has 0 aliphatic heterocycles. The van der Waals surface area contributed by atoms with Gasteiger partial charge in [0, 0.05) is 0 Å². The molecule has 0 aromatic heterocycles. The van der Waals surface area contributed by atoms with Crippen LogP contribution in [0.15, 0.2) is 30.3 Å². The van der Waals surface area contributed by atoms with Crippen molar-refractivity contribution in [2.75, 3.05) is 13.2 Å².